The van der Waals surface area contributed by atoms with Crippen LogP contribution in [0.25, 0.3) is 0 Å². The number of carbonyl (C=O) groups excluding carboxylic acids is 4. The highest BCUT2D eigenvalue weighted by Crippen LogP contribution is 2.27. The molecule has 0 radical (unpaired) electrons. The fourth-order valence-corrected chi connectivity index (χ4v) is 6.45. The molecule has 0 unspecified atom stereocenters. The molecule has 1 aromatic carbocycles. The number of hydrogen-bond donors (Lipinski definition) is 4. The molecule has 4 aliphatic rings. The lowest BCUT2D eigenvalue weighted by Gasteiger charge is -2.31. The minimum atomic E-state index is -0.323. The number of carbonyl (C=O) groups is 4. The summed E-state index contributed by atoms with van der Waals surface area (Å²) in [5.74, 6) is -0.650. The Kier molecular flexibility index (Phi) is 7.21. The van der Waals surface area contributed by atoms with Crippen molar-refractivity contribution in [3.05, 3.63) is 24.3 Å². The average Bonchev–Trinajstić information content (AvgIpc) is 3.38. The lowest BCUT2D eigenvalue weighted by molar-refractivity contribution is -1.02. The van der Waals surface area contributed by atoms with Gasteiger partial charge in [0.2, 0.25) is 11.8 Å². The largest absolute Gasteiger partial charge is 0.326 e. The van der Waals surface area contributed by atoms with Crippen LogP contribution in [0.2, 0.25) is 0 Å². The Morgan fingerprint density at radius 1 is 0.611 bits per heavy atom. The number of imide groups is 2. The average molecular weight is 501 g/mol. The molecule has 10 nitrogen and oxygen atoms in total. The second-order valence-corrected chi connectivity index (χ2v) is 10.7. The zero-order chi connectivity index (χ0) is 25.4. The molecule has 4 aliphatic heterocycles. The Morgan fingerprint density at radius 3 is 1.25 bits per heavy atom. The van der Waals surface area contributed by atoms with Gasteiger partial charge >= 0.3 is 0 Å². The number of nitrogens with zero attached hydrogens (tertiary/aromatic N) is 2. The lowest BCUT2D eigenvalue weighted by Crippen LogP contribution is -3.29. The Bertz CT molecular complexity index is 933. The minimum absolute atomic E-state index is 0.145. The number of quaternary nitrogens is 4. The third-order valence-corrected chi connectivity index (χ3v) is 8.84. The molecule has 4 amide bonds. The van der Waals surface area contributed by atoms with Gasteiger partial charge in [-0.05, 0) is 38.1 Å². The van der Waals surface area contributed by atoms with Gasteiger partial charge in [0, 0.05) is 0 Å². The van der Waals surface area contributed by atoms with Crippen molar-refractivity contribution in [2.45, 2.75) is 38.8 Å². The third kappa shape index (κ3) is 4.58. The standard InChI is InChI=1S/C26H36N6O4/c1-3-27-9-13-29(14-10-27)21-17-23(33)31(25(21)35)19-5-7-20(8-6-19)32-24(34)18-22(26(32)36)30-15-11-28(4-2)12-16-30/h5-8,21-22H,3-4,9-18H2,1-2H3/p+4/t21-,22-/m0/s1. The highest BCUT2D eigenvalue weighted by atomic mass is 16.2. The molecule has 4 N–H and O–H groups in total. The molecule has 0 aliphatic carbocycles. The van der Waals surface area contributed by atoms with E-state index < -0.39 is 0 Å². The summed E-state index contributed by atoms with van der Waals surface area (Å²) in [7, 11) is 0. The van der Waals surface area contributed by atoms with Crippen molar-refractivity contribution in [2.24, 2.45) is 0 Å². The Hall–Kier alpha value is -2.66. The van der Waals surface area contributed by atoms with E-state index in [1.54, 1.807) is 34.1 Å². The van der Waals surface area contributed by atoms with Crippen LogP contribution in [0, 0.1) is 0 Å². The lowest BCUT2D eigenvalue weighted by atomic mass is 10.1. The van der Waals surface area contributed by atoms with Gasteiger partial charge in [0.05, 0.1) is 37.3 Å². The van der Waals surface area contributed by atoms with E-state index in [0.29, 0.717) is 11.4 Å². The first kappa shape index (κ1) is 25.0. The summed E-state index contributed by atoms with van der Waals surface area (Å²) in [6, 6.07) is 6.10. The summed E-state index contributed by atoms with van der Waals surface area (Å²) < 4.78 is 0. The SMILES string of the molecule is CC[NH+]1CC[NH+]([C@H]2CC(=O)N(c3ccc(N4C(=O)C[C@H]([NH+]5CC[NH+](CC)CC5)C4=O)cc3)C2=O)CC1. The topological polar surface area (TPSA) is 92.5 Å². The first-order valence-corrected chi connectivity index (χ1v) is 13.6. The summed E-state index contributed by atoms with van der Waals surface area (Å²) >= 11 is 0. The zero-order valence-corrected chi connectivity index (χ0v) is 21.5. The van der Waals surface area contributed by atoms with Crippen LogP contribution < -0.4 is 29.4 Å². The predicted octanol–water partition coefficient (Wildman–Crippen LogP) is -5.44. The molecule has 0 aromatic heterocycles. The van der Waals surface area contributed by atoms with Crippen LogP contribution in [0.5, 0.6) is 0 Å². The van der Waals surface area contributed by atoms with Gasteiger partial charge in [-0.15, -0.1) is 0 Å². The van der Waals surface area contributed by atoms with Crippen molar-refractivity contribution in [3.8, 4) is 0 Å². The maximum Gasteiger partial charge on any atom is 0.292 e. The molecule has 4 heterocycles. The molecule has 4 saturated heterocycles. The molecule has 2 atom stereocenters. The Labute approximate surface area is 212 Å². The summed E-state index contributed by atoms with van der Waals surface area (Å²) in [5, 5.41) is 0. The number of amides is 4. The smallest absolute Gasteiger partial charge is 0.292 e. The number of benzene rings is 1. The normalized spacial score (nSPS) is 33.6. The van der Waals surface area contributed by atoms with E-state index in [1.165, 1.54) is 19.6 Å². The predicted molar refractivity (Wildman–Crippen MR) is 132 cm³/mol. The monoisotopic (exact) mass is 500 g/mol. The fraction of sp³-hybridized carbons (Fsp3) is 0.615. The maximum absolute atomic E-state index is 13.2. The molecule has 36 heavy (non-hydrogen) atoms. The summed E-state index contributed by atoms with van der Waals surface area (Å²) in [6.45, 7) is 14.2. The number of rotatable bonds is 6. The van der Waals surface area contributed by atoms with Crippen molar-refractivity contribution < 1.29 is 38.8 Å². The van der Waals surface area contributed by atoms with Gasteiger partial charge in [0.1, 0.15) is 52.4 Å². The first-order valence-electron chi connectivity index (χ1n) is 13.6. The van der Waals surface area contributed by atoms with Gasteiger partial charge in [-0.1, -0.05) is 0 Å². The van der Waals surface area contributed by atoms with E-state index in [-0.39, 0.29) is 48.6 Å². The summed E-state index contributed by atoms with van der Waals surface area (Å²) in [5.41, 5.74) is 1.02. The molecule has 5 rings (SSSR count). The van der Waals surface area contributed by atoms with Crippen molar-refractivity contribution in [3.63, 3.8) is 0 Å². The molecule has 0 bridgehead atoms. The van der Waals surface area contributed by atoms with Crippen molar-refractivity contribution in [1.82, 2.24) is 0 Å². The highest BCUT2D eigenvalue weighted by molar-refractivity contribution is 6.23. The first-order chi connectivity index (χ1) is 17.4. The van der Waals surface area contributed by atoms with Gasteiger partial charge in [0.15, 0.2) is 12.1 Å². The quantitative estimate of drug-likeness (QED) is 0.294. The molecular formula is C26H40N6O4+4. The number of likely N-dealkylation sites (N-methyl/N-ethyl adjacent to an activating group) is 2. The van der Waals surface area contributed by atoms with E-state index in [4.69, 9.17) is 0 Å². The number of nitrogens with one attached hydrogen (secondary N) is 4. The van der Waals surface area contributed by atoms with E-state index in [1.807, 2.05) is 0 Å². The fourth-order valence-electron chi connectivity index (χ4n) is 6.45. The number of piperazine rings is 2. The Morgan fingerprint density at radius 2 is 0.944 bits per heavy atom. The van der Waals surface area contributed by atoms with Crippen molar-refractivity contribution in [2.75, 3.05) is 75.2 Å². The molecule has 1 aromatic rings. The summed E-state index contributed by atoms with van der Waals surface area (Å²) in [4.78, 5) is 60.2. The molecule has 194 valence electrons. The van der Waals surface area contributed by atoms with Crippen LogP contribution in [-0.2, 0) is 19.2 Å². The van der Waals surface area contributed by atoms with Crippen molar-refractivity contribution >= 4 is 35.0 Å². The van der Waals surface area contributed by atoms with Crippen LogP contribution in [0.4, 0.5) is 11.4 Å². The number of hydrogen-bond acceptors (Lipinski definition) is 4. The molecule has 4 fully saturated rings. The third-order valence-electron chi connectivity index (χ3n) is 8.84. The van der Waals surface area contributed by atoms with Crippen LogP contribution in [-0.4, -0.2) is 101 Å². The van der Waals surface area contributed by atoms with Crippen LogP contribution in [0.15, 0.2) is 24.3 Å². The molecule has 0 spiro atoms. The van der Waals surface area contributed by atoms with E-state index in [9.17, 15) is 19.2 Å². The van der Waals surface area contributed by atoms with Gasteiger partial charge in [-0.25, -0.2) is 9.80 Å². The second kappa shape index (κ2) is 10.4. The Balaban J connectivity index is 1.25. The van der Waals surface area contributed by atoms with Crippen LogP contribution in [0.3, 0.4) is 0 Å². The van der Waals surface area contributed by atoms with E-state index in [0.717, 1.165) is 65.4 Å². The van der Waals surface area contributed by atoms with E-state index >= 15 is 0 Å². The van der Waals surface area contributed by atoms with Crippen LogP contribution >= 0.6 is 0 Å². The van der Waals surface area contributed by atoms with Gasteiger partial charge in [0.25, 0.3) is 11.8 Å². The molecule has 0 saturated carbocycles. The highest BCUT2D eigenvalue weighted by Gasteiger charge is 2.48. The van der Waals surface area contributed by atoms with Gasteiger partial charge in [-0.3, -0.25) is 19.2 Å². The molecule has 10 heteroatoms. The maximum atomic E-state index is 13.2. The minimum Gasteiger partial charge on any atom is -0.326 e. The molecular weight excluding hydrogens is 460 g/mol. The second-order valence-electron chi connectivity index (χ2n) is 10.7. The van der Waals surface area contributed by atoms with Gasteiger partial charge in [-0.2, -0.15) is 0 Å². The van der Waals surface area contributed by atoms with Crippen LogP contribution in [0.1, 0.15) is 26.7 Å². The number of anilines is 2. The zero-order valence-electron chi connectivity index (χ0n) is 21.5. The van der Waals surface area contributed by atoms with Crippen molar-refractivity contribution in [1.29, 1.82) is 0 Å². The van der Waals surface area contributed by atoms with E-state index in [2.05, 4.69) is 13.8 Å². The van der Waals surface area contributed by atoms with Gasteiger partial charge < -0.3 is 19.6 Å². The summed E-state index contributed by atoms with van der Waals surface area (Å²) in [6.07, 6.45) is 0.468.